The molecule has 18 heavy (non-hydrogen) atoms. The molecule has 0 saturated carbocycles. The van der Waals surface area contributed by atoms with Gasteiger partial charge in [-0.1, -0.05) is 34.3 Å². The molecule has 3 heteroatoms. The maximum Gasteiger partial charge on any atom is 0.0931 e. The molecule has 3 nitrogen and oxygen atoms in total. The Morgan fingerprint density at radius 3 is 2.22 bits per heavy atom. The summed E-state index contributed by atoms with van der Waals surface area (Å²) in [4.78, 5) is 2.38. The molecule has 0 aromatic carbocycles. The zero-order chi connectivity index (χ0) is 14.4. The van der Waals surface area contributed by atoms with Crippen LogP contribution in [0.25, 0.3) is 0 Å². The number of methoxy groups -OCH3 is 1. The van der Waals surface area contributed by atoms with Crippen molar-refractivity contribution in [1.82, 2.24) is 4.90 Å². The van der Waals surface area contributed by atoms with E-state index in [2.05, 4.69) is 25.3 Å². The monoisotopic (exact) mass is 259 g/mol. The summed E-state index contributed by atoms with van der Waals surface area (Å²) in [6.45, 7) is 18.9. The Hall–Kier alpha value is -0.540. The minimum Gasteiger partial charge on any atom is -0.499 e. The molecule has 0 aliphatic carbocycles. The molecule has 0 aliphatic heterocycles. The number of hydrogen-bond acceptors (Lipinski definition) is 3. The standard InChI is InChI=1S/C13H27NO2.C2H6/c1-6-13(12(4)16-8-3)11-14(7-2)9-10-15-5;1-2/h13H,4,6-11H2,1-3,5H3;1-2H3. The maximum absolute atomic E-state index is 5.49. The van der Waals surface area contributed by atoms with Crippen molar-refractivity contribution in [3.63, 3.8) is 0 Å². The first kappa shape index (κ1) is 19.8. The van der Waals surface area contributed by atoms with E-state index in [-0.39, 0.29) is 0 Å². The average molecular weight is 259 g/mol. The van der Waals surface area contributed by atoms with Gasteiger partial charge < -0.3 is 14.4 Å². The van der Waals surface area contributed by atoms with E-state index in [1.165, 1.54) is 0 Å². The number of hydrogen-bond donors (Lipinski definition) is 0. The number of likely N-dealkylation sites (N-methyl/N-ethyl adjacent to an activating group) is 1. The fraction of sp³-hybridized carbons (Fsp3) is 0.867. The van der Waals surface area contributed by atoms with Crippen molar-refractivity contribution in [3.05, 3.63) is 12.3 Å². The Bertz CT molecular complexity index is 183. The first-order valence-corrected chi connectivity index (χ1v) is 7.22. The quantitative estimate of drug-likeness (QED) is 0.560. The summed E-state index contributed by atoms with van der Waals surface area (Å²) < 4.78 is 10.6. The van der Waals surface area contributed by atoms with Gasteiger partial charge >= 0.3 is 0 Å². The predicted molar refractivity (Wildman–Crippen MR) is 79.9 cm³/mol. The van der Waals surface area contributed by atoms with Gasteiger partial charge in [-0.2, -0.15) is 0 Å². The third-order valence-corrected chi connectivity index (χ3v) is 2.82. The lowest BCUT2D eigenvalue weighted by Gasteiger charge is -2.26. The third-order valence-electron chi connectivity index (χ3n) is 2.82. The second-order valence-corrected chi connectivity index (χ2v) is 3.89. The summed E-state index contributed by atoms with van der Waals surface area (Å²) in [7, 11) is 1.74. The molecule has 1 atom stereocenters. The van der Waals surface area contributed by atoms with Crippen LogP contribution in [0.5, 0.6) is 0 Å². The zero-order valence-electron chi connectivity index (χ0n) is 13.3. The topological polar surface area (TPSA) is 21.7 Å². The third kappa shape index (κ3) is 9.49. The number of rotatable bonds is 10. The zero-order valence-corrected chi connectivity index (χ0v) is 13.3. The van der Waals surface area contributed by atoms with E-state index in [4.69, 9.17) is 9.47 Å². The van der Waals surface area contributed by atoms with E-state index in [0.717, 1.165) is 38.4 Å². The van der Waals surface area contributed by atoms with Crippen molar-refractivity contribution in [1.29, 1.82) is 0 Å². The molecular weight excluding hydrogens is 226 g/mol. The molecule has 0 saturated heterocycles. The molecule has 0 aromatic heterocycles. The molecule has 0 spiro atoms. The normalized spacial score (nSPS) is 11.7. The van der Waals surface area contributed by atoms with E-state index in [1.807, 2.05) is 20.8 Å². The van der Waals surface area contributed by atoms with Gasteiger partial charge in [0.1, 0.15) is 0 Å². The SMILES string of the molecule is C=C(OCC)C(CC)CN(CC)CCOC.CC. The number of nitrogens with zero attached hydrogens (tertiary/aromatic N) is 1. The van der Waals surface area contributed by atoms with Crippen LogP contribution >= 0.6 is 0 Å². The van der Waals surface area contributed by atoms with Gasteiger partial charge in [0.2, 0.25) is 0 Å². The second kappa shape index (κ2) is 14.5. The van der Waals surface area contributed by atoms with Gasteiger partial charge in [0.15, 0.2) is 0 Å². The van der Waals surface area contributed by atoms with Crippen LogP contribution in [0.1, 0.15) is 41.0 Å². The summed E-state index contributed by atoms with van der Waals surface area (Å²) in [5, 5.41) is 0. The van der Waals surface area contributed by atoms with Gasteiger partial charge in [-0.15, -0.1) is 0 Å². The minimum absolute atomic E-state index is 0.428. The van der Waals surface area contributed by atoms with Crippen molar-refractivity contribution in [2.24, 2.45) is 5.92 Å². The molecular formula is C15H33NO2. The van der Waals surface area contributed by atoms with Gasteiger partial charge in [0.25, 0.3) is 0 Å². The fourth-order valence-electron chi connectivity index (χ4n) is 1.67. The Morgan fingerprint density at radius 2 is 1.83 bits per heavy atom. The van der Waals surface area contributed by atoms with Crippen molar-refractivity contribution < 1.29 is 9.47 Å². The van der Waals surface area contributed by atoms with Crippen molar-refractivity contribution >= 4 is 0 Å². The van der Waals surface area contributed by atoms with Crippen LogP contribution in [0.3, 0.4) is 0 Å². The first-order chi connectivity index (χ1) is 8.69. The van der Waals surface area contributed by atoms with Crippen LogP contribution in [0.15, 0.2) is 12.3 Å². The summed E-state index contributed by atoms with van der Waals surface area (Å²) in [5.74, 6) is 1.35. The predicted octanol–water partition coefficient (Wildman–Crippen LogP) is 3.56. The summed E-state index contributed by atoms with van der Waals surface area (Å²) >= 11 is 0. The van der Waals surface area contributed by atoms with Crippen LogP contribution in [-0.2, 0) is 9.47 Å². The Morgan fingerprint density at radius 1 is 1.22 bits per heavy atom. The van der Waals surface area contributed by atoms with Crippen molar-refractivity contribution in [2.45, 2.75) is 41.0 Å². The van der Waals surface area contributed by atoms with E-state index >= 15 is 0 Å². The van der Waals surface area contributed by atoms with E-state index < -0.39 is 0 Å². The van der Waals surface area contributed by atoms with Crippen molar-refractivity contribution in [3.8, 4) is 0 Å². The Labute approximate surface area is 114 Å². The smallest absolute Gasteiger partial charge is 0.0931 e. The van der Waals surface area contributed by atoms with E-state index in [1.54, 1.807) is 7.11 Å². The largest absolute Gasteiger partial charge is 0.499 e. The Kier molecular flexibility index (Phi) is 16.0. The maximum atomic E-state index is 5.49. The summed E-state index contributed by atoms with van der Waals surface area (Å²) in [6.07, 6.45) is 1.07. The lowest BCUT2D eigenvalue weighted by Crippen LogP contribution is -2.33. The molecule has 0 bridgehead atoms. The number of ether oxygens (including phenoxy) is 2. The minimum atomic E-state index is 0.428. The molecule has 0 N–H and O–H groups in total. The first-order valence-electron chi connectivity index (χ1n) is 7.22. The van der Waals surface area contributed by atoms with Crippen LogP contribution in [0, 0.1) is 5.92 Å². The molecule has 0 aliphatic rings. The van der Waals surface area contributed by atoms with Gasteiger partial charge in [-0.3, -0.25) is 0 Å². The van der Waals surface area contributed by atoms with E-state index in [9.17, 15) is 0 Å². The second-order valence-electron chi connectivity index (χ2n) is 3.89. The average Bonchev–Trinajstić information content (AvgIpc) is 2.41. The lowest BCUT2D eigenvalue weighted by atomic mass is 10.0. The summed E-state index contributed by atoms with van der Waals surface area (Å²) in [6, 6.07) is 0. The highest BCUT2D eigenvalue weighted by Gasteiger charge is 2.15. The van der Waals surface area contributed by atoms with Crippen LogP contribution in [0.2, 0.25) is 0 Å². The highest BCUT2D eigenvalue weighted by Crippen LogP contribution is 2.16. The molecule has 0 heterocycles. The molecule has 110 valence electrons. The molecule has 1 unspecified atom stereocenters. The van der Waals surface area contributed by atoms with E-state index in [0.29, 0.717) is 12.5 Å². The molecule has 0 aromatic rings. The molecule has 0 amide bonds. The highest BCUT2D eigenvalue weighted by molar-refractivity contribution is 4.92. The van der Waals surface area contributed by atoms with Crippen LogP contribution in [0.4, 0.5) is 0 Å². The van der Waals surface area contributed by atoms with Crippen LogP contribution < -0.4 is 0 Å². The van der Waals surface area contributed by atoms with Gasteiger partial charge in [0, 0.05) is 26.1 Å². The van der Waals surface area contributed by atoms with Gasteiger partial charge in [0.05, 0.1) is 19.0 Å². The molecule has 0 fully saturated rings. The molecule has 0 rings (SSSR count). The molecule has 0 radical (unpaired) electrons. The van der Waals surface area contributed by atoms with Crippen LogP contribution in [-0.4, -0.2) is 44.9 Å². The Balaban J connectivity index is 0. The lowest BCUT2D eigenvalue weighted by molar-refractivity contribution is 0.125. The van der Waals surface area contributed by atoms with Crippen molar-refractivity contribution in [2.75, 3.05) is 40.0 Å². The fourth-order valence-corrected chi connectivity index (χ4v) is 1.67. The van der Waals surface area contributed by atoms with Gasteiger partial charge in [-0.05, 0) is 19.9 Å². The summed E-state index contributed by atoms with van der Waals surface area (Å²) in [5.41, 5.74) is 0. The van der Waals surface area contributed by atoms with Gasteiger partial charge in [-0.25, -0.2) is 0 Å². The highest BCUT2D eigenvalue weighted by atomic mass is 16.5.